The molecule has 0 atom stereocenters. The predicted octanol–water partition coefficient (Wildman–Crippen LogP) is 1.60. The van der Waals surface area contributed by atoms with E-state index in [1.807, 2.05) is 0 Å². The van der Waals surface area contributed by atoms with E-state index in [1.165, 1.54) is 10.6 Å². The lowest BCUT2D eigenvalue weighted by molar-refractivity contribution is 0.580. The van der Waals surface area contributed by atoms with Crippen molar-refractivity contribution in [1.29, 1.82) is 0 Å². The Morgan fingerprint density at radius 1 is 1.05 bits per heavy atom. The number of benzene rings is 1. The Morgan fingerprint density at radius 3 is 2.29 bits per heavy atom. The number of aryl methyl sites for hydroxylation is 1. The highest BCUT2D eigenvalue weighted by Gasteiger charge is 2.14. The molecular weight excluding hydrogens is 280 g/mol. The van der Waals surface area contributed by atoms with Gasteiger partial charge < -0.3 is 4.57 Å². The van der Waals surface area contributed by atoms with Crippen LogP contribution >= 0.6 is 0 Å². The second-order valence-electron chi connectivity index (χ2n) is 4.80. The van der Waals surface area contributed by atoms with E-state index in [1.54, 1.807) is 14.0 Å². The van der Waals surface area contributed by atoms with Gasteiger partial charge >= 0.3 is 0 Å². The van der Waals surface area contributed by atoms with E-state index >= 15 is 0 Å². The Kier molecular flexibility index (Phi) is 2.79. The van der Waals surface area contributed by atoms with Crippen LogP contribution in [0.2, 0.25) is 0 Å². The summed E-state index contributed by atoms with van der Waals surface area (Å²) in [6, 6.07) is 4.06. The highest BCUT2D eigenvalue weighted by atomic mass is 19.1. The lowest BCUT2D eigenvalue weighted by Gasteiger charge is -2.01. The molecule has 0 saturated heterocycles. The Morgan fingerprint density at radius 2 is 1.67 bits per heavy atom. The summed E-state index contributed by atoms with van der Waals surface area (Å²) in [6.45, 7) is 1.63. The minimum absolute atomic E-state index is 0.0307. The van der Waals surface area contributed by atoms with E-state index in [-0.39, 0.29) is 11.2 Å². The maximum Gasteiger partial charge on any atom is 0.280 e. The fraction of sp³-hybridized carbons (Fsp3) is 0.143. The summed E-state index contributed by atoms with van der Waals surface area (Å²) in [5.41, 5.74) is 0.0877. The van der Waals surface area contributed by atoms with Crippen molar-refractivity contribution in [2.45, 2.75) is 6.92 Å². The van der Waals surface area contributed by atoms with Gasteiger partial charge in [-0.15, -0.1) is 0 Å². The summed E-state index contributed by atoms with van der Waals surface area (Å²) in [7, 11) is 1.55. The molecule has 0 spiro atoms. The third-order valence-corrected chi connectivity index (χ3v) is 3.49. The molecule has 0 unspecified atom stereocenters. The van der Waals surface area contributed by atoms with Crippen molar-refractivity contribution >= 4 is 10.9 Å². The quantitative estimate of drug-likeness (QED) is 0.740. The third kappa shape index (κ3) is 1.97. The molecule has 0 aliphatic heterocycles. The highest BCUT2D eigenvalue weighted by Crippen LogP contribution is 2.14. The van der Waals surface area contributed by atoms with Crippen LogP contribution in [0.15, 0.2) is 33.9 Å². The number of H-pyrrole nitrogens is 1. The number of pyridine rings is 1. The van der Waals surface area contributed by atoms with Crippen LogP contribution in [0.1, 0.15) is 5.69 Å². The molecule has 0 bridgehead atoms. The van der Waals surface area contributed by atoms with Gasteiger partial charge in [0.05, 0.1) is 16.6 Å². The maximum atomic E-state index is 13.3. The average Bonchev–Trinajstić information content (AvgIpc) is 2.72. The minimum Gasteiger partial charge on any atom is -0.315 e. The van der Waals surface area contributed by atoms with Crippen molar-refractivity contribution < 1.29 is 8.78 Å². The van der Waals surface area contributed by atoms with Crippen LogP contribution in [0.5, 0.6) is 0 Å². The van der Waals surface area contributed by atoms with E-state index in [2.05, 4.69) is 5.10 Å². The topological polar surface area (TPSA) is 59.8 Å². The number of fused-ring (bicyclic) bond motifs is 1. The molecule has 3 rings (SSSR count). The average molecular weight is 291 g/mol. The fourth-order valence-electron chi connectivity index (χ4n) is 2.31. The summed E-state index contributed by atoms with van der Waals surface area (Å²) in [5.74, 6) is -1.58. The number of aromatic amines is 1. The Balaban J connectivity index is 2.40. The number of hydrogen-bond acceptors (Lipinski definition) is 2. The number of nitrogens with one attached hydrogen (secondary N) is 1. The zero-order valence-electron chi connectivity index (χ0n) is 11.3. The zero-order chi connectivity index (χ0) is 15.3. The monoisotopic (exact) mass is 291 g/mol. The van der Waals surface area contributed by atoms with Crippen LogP contribution in [0.25, 0.3) is 16.6 Å². The molecule has 7 heteroatoms. The smallest absolute Gasteiger partial charge is 0.280 e. The normalized spacial score (nSPS) is 11.2. The predicted molar refractivity (Wildman–Crippen MR) is 73.8 cm³/mol. The molecule has 3 aromatic rings. The van der Waals surface area contributed by atoms with E-state index in [4.69, 9.17) is 0 Å². The summed E-state index contributed by atoms with van der Waals surface area (Å²) >= 11 is 0. The molecule has 1 N–H and O–H groups in total. The SMILES string of the molecule is Cc1c2c(=O)n(-c3cc(F)cc(F)c3)[nH]c2cc(=O)n1C. The first-order chi connectivity index (χ1) is 9.88. The van der Waals surface area contributed by atoms with Crippen LogP contribution in [0.3, 0.4) is 0 Å². The van der Waals surface area contributed by atoms with Crippen molar-refractivity contribution in [3.05, 3.63) is 62.3 Å². The van der Waals surface area contributed by atoms with Gasteiger partial charge in [-0.05, 0) is 19.1 Å². The molecule has 1 aromatic carbocycles. The lowest BCUT2D eigenvalue weighted by Crippen LogP contribution is -2.20. The summed E-state index contributed by atoms with van der Waals surface area (Å²) in [5, 5.41) is 3.01. The Hall–Kier alpha value is -2.70. The molecule has 0 aliphatic carbocycles. The molecule has 0 saturated carbocycles. The van der Waals surface area contributed by atoms with E-state index in [9.17, 15) is 18.4 Å². The van der Waals surface area contributed by atoms with Gasteiger partial charge in [-0.25, -0.2) is 13.5 Å². The number of hydrogen-bond donors (Lipinski definition) is 1. The van der Waals surface area contributed by atoms with Crippen molar-refractivity contribution in [2.75, 3.05) is 0 Å². The van der Waals surface area contributed by atoms with Crippen LogP contribution in [-0.2, 0) is 7.05 Å². The molecule has 0 fully saturated rings. The molecule has 0 amide bonds. The first-order valence-corrected chi connectivity index (χ1v) is 6.16. The van der Waals surface area contributed by atoms with Gasteiger partial charge in [-0.1, -0.05) is 0 Å². The second-order valence-corrected chi connectivity index (χ2v) is 4.80. The van der Waals surface area contributed by atoms with Crippen LogP contribution in [0.4, 0.5) is 8.78 Å². The summed E-state index contributed by atoms with van der Waals surface area (Å²) < 4.78 is 28.9. The Labute approximate surface area is 117 Å². The number of halogens is 2. The second kappa shape index (κ2) is 4.41. The standard InChI is InChI=1S/C14H11F2N3O2/c1-7-13-11(6-12(20)18(7)2)17-19(14(13)21)10-4-8(15)3-9(16)5-10/h3-6,17H,1-2H3. The largest absolute Gasteiger partial charge is 0.315 e. The van der Waals surface area contributed by atoms with Crippen LogP contribution in [0, 0.1) is 18.6 Å². The first kappa shape index (κ1) is 13.3. The molecule has 0 radical (unpaired) electrons. The molecule has 21 heavy (non-hydrogen) atoms. The third-order valence-electron chi connectivity index (χ3n) is 3.49. The molecule has 2 aromatic heterocycles. The van der Waals surface area contributed by atoms with Gasteiger partial charge in [-0.2, -0.15) is 0 Å². The summed E-state index contributed by atoms with van der Waals surface area (Å²) in [4.78, 5) is 24.1. The van der Waals surface area contributed by atoms with Crippen LogP contribution in [-0.4, -0.2) is 14.3 Å². The van der Waals surface area contributed by atoms with Crippen molar-refractivity contribution in [2.24, 2.45) is 7.05 Å². The maximum absolute atomic E-state index is 13.3. The zero-order valence-corrected chi connectivity index (χ0v) is 11.3. The van der Waals surface area contributed by atoms with Gasteiger partial charge in [-0.3, -0.25) is 14.7 Å². The number of aromatic nitrogens is 3. The Bertz CT molecular complexity index is 962. The van der Waals surface area contributed by atoms with E-state index in [0.29, 0.717) is 16.6 Å². The van der Waals surface area contributed by atoms with Gasteiger partial charge in [0.1, 0.15) is 11.6 Å². The first-order valence-electron chi connectivity index (χ1n) is 6.16. The van der Waals surface area contributed by atoms with Crippen molar-refractivity contribution in [3.8, 4) is 5.69 Å². The fourth-order valence-corrected chi connectivity index (χ4v) is 2.31. The van der Waals surface area contributed by atoms with E-state index in [0.717, 1.165) is 22.9 Å². The van der Waals surface area contributed by atoms with Crippen molar-refractivity contribution in [3.63, 3.8) is 0 Å². The van der Waals surface area contributed by atoms with Gasteiger partial charge in [0.2, 0.25) is 0 Å². The molecule has 2 heterocycles. The number of nitrogens with zero attached hydrogens (tertiary/aromatic N) is 2. The van der Waals surface area contributed by atoms with Gasteiger partial charge in [0, 0.05) is 24.9 Å². The molecular formula is C14H11F2N3O2. The van der Waals surface area contributed by atoms with Crippen LogP contribution < -0.4 is 11.1 Å². The minimum atomic E-state index is -0.789. The lowest BCUT2D eigenvalue weighted by atomic mass is 10.2. The molecule has 5 nitrogen and oxygen atoms in total. The highest BCUT2D eigenvalue weighted by molar-refractivity contribution is 5.80. The molecule has 108 valence electrons. The van der Waals surface area contributed by atoms with Gasteiger partial charge in [0.15, 0.2) is 0 Å². The summed E-state index contributed by atoms with van der Waals surface area (Å²) in [6.07, 6.45) is 0. The van der Waals surface area contributed by atoms with Crippen molar-refractivity contribution in [1.82, 2.24) is 14.3 Å². The van der Waals surface area contributed by atoms with Gasteiger partial charge in [0.25, 0.3) is 11.1 Å². The van der Waals surface area contributed by atoms with E-state index < -0.39 is 17.2 Å². The number of rotatable bonds is 1. The molecule has 0 aliphatic rings.